The zero-order valence-electron chi connectivity index (χ0n) is 12.8. The van der Waals surface area contributed by atoms with E-state index in [-0.39, 0.29) is 24.3 Å². The van der Waals surface area contributed by atoms with Crippen LogP contribution in [0, 0.1) is 5.92 Å². The highest BCUT2D eigenvalue weighted by Crippen LogP contribution is 2.04. The van der Waals surface area contributed by atoms with E-state index < -0.39 is 12.0 Å². The molecule has 116 valence electrons. The third-order valence-electron chi connectivity index (χ3n) is 2.57. The standard InChI is InChI=1S/C14H26N2O4/c1-5-6-7-20-13(18)9-15-14(19)12(8-10(2)3)16-11(4)17/h10,12H,5-9H2,1-4H3,(H,15,19)(H,16,17). The molecule has 6 nitrogen and oxygen atoms in total. The zero-order chi connectivity index (χ0) is 15.5. The molecule has 0 aromatic heterocycles. The second-order valence-corrected chi connectivity index (χ2v) is 5.17. The molecule has 0 saturated carbocycles. The summed E-state index contributed by atoms with van der Waals surface area (Å²) in [5.74, 6) is -0.829. The summed E-state index contributed by atoms with van der Waals surface area (Å²) in [5.41, 5.74) is 0. The van der Waals surface area contributed by atoms with Crippen LogP contribution in [0.1, 0.15) is 47.0 Å². The van der Waals surface area contributed by atoms with Gasteiger partial charge in [-0.3, -0.25) is 14.4 Å². The maximum absolute atomic E-state index is 11.9. The van der Waals surface area contributed by atoms with E-state index in [0.717, 1.165) is 12.8 Å². The lowest BCUT2D eigenvalue weighted by Gasteiger charge is -2.19. The van der Waals surface area contributed by atoms with Crippen molar-refractivity contribution in [2.45, 2.75) is 53.0 Å². The highest BCUT2D eigenvalue weighted by atomic mass is 16.5. The Morgan fingerprint density at radius 1 is 1.20 bits per heavy atom. The molecule has 0 saturated heterocycles. The normalized spacial score (nSPS) is 11.8. The van der Waals surface area contributed by atoms with Gasteiger partial charge in [0, 0.05) is 6.92 Å². The highest BCUT2D eigenvalue weighted by Gasteiger charge is 2.21. The van der Waals surface area contributed by atoms with E-state index in [1.807, 2.05) is 20.8 Å². The molecule has 0 heterocycles. The first-order valence-corrected chi connectivity index (χ1v) is 7.07. The third kappa shape index (κ3) is 9.35. The van der Waals surface area contributed by atoms with Crippen LogP contribution in [0.15, 0.2) is 0 Å². The summed E-state index contributed by atoms with van der Waals surface area (Å²) in [5, 5.41) is 5.08. The number of carbonyl (C=O) groups excluding carboxylic acids is 3. The SMILES string of the molecule is CCCCOC(=O)CNC(=O)C(CC(C)C)NC(C)=O. The van der Waals surface area contributed by atoms with Gasteiger partial charge in [0.25, 0.3) is 0 Å². The molecule has 0 aliphatic rings. The number of unbranched alkanes of at least 4 members (excludes halogenated alkanes) is 1. The van der Waals surface area contributed by atoms with Gasteiger partial charge >= 0.3 is 5.97 Å². The molecule has 0 bridgehead atoms. The number of nitrogens with one attached hydrogen (secondary N) is 2. The largest absolute Gasteiger partial charge is 0.464 e. The number of esters is 1. The lowest BCUT2D eigenvalue weighted by molar-refractivity contribution is -0.144. The summed E-state index contributed by atoms with van der Waals surface area (Å²) >= 11 is 0. The highest BCUT2D eigenvalue weighted by molar-refractivity contribution is 5.89. The lowest BCUT2D eigenvalue weighted by atomic mass is 10.0. The topological polar surface area (TPSA) is 84.5 Å². The van der Waals surface area contributed by atoms with Crippen LogP contribution >= 0.6 is 0 Å². The van der Waals surface area contributed by atoms with Crippen molar-refractivity contribution >= 4 is 17.8 Å². The summed E-state index contributed by atoms with van der Waals surface area (Å²) in [7, 11) is 0. The van der Waals surface area contributed by atoms with Crippen LogP contribution < -0.4 is 10.6 Å². The summed E-state index contributed by atoms with van der Waals surface area (Å²) in [6.07, 6.45) is 2.27. The Kier molecular flexibility index (Phi) is 9.41. The van der Waals surface area contributed by atoms with Crippen molar-refractivity contribution in [3.63, 3.8) is 0 Å². The molecule has 2 N–H and O–H groups in total. The maximum atomic E-state index is 11.9. The Bertz CT molecular complexity index is 329. The average molecular weight is 286 g/mol. The van der Waals surface area contributed by atoms with E-state index in [2.05, 4.69) is 10.6 Å². The minimum absolute atomic E-state index is 0.170. The van der Waals surface area contributed by atoms with Crippen molar-refractivity contribution in [2.75, 3.05) is 13.2 Å². The molecule has 1 unspecified atom stereocenters. The van der Waals surface area contributed by atoms with Crippen molar-refractivity contribution in [3.8, 4) is 0 Å². The molecule has 0 aromatic rings. The van der Waals surface area contributed by atoms with Gasteiger partial charge < -0.3 is 15.4 Å². The number of amides is 2. The summed E-state index contributed by atoms with van der Waals surface area (Å²) in [4.78, 5) is 34.3. The minimum Gasteiger partial charge on any atom is -0.464 e. The number of hydrogen-bond donors (Lipinski definition) is 2. The van der Waals surface area contributed by atoms with E-state index in [0.29, 0.717) is 13.0 Å². The first kappa shape index (κ1) is 18.4. The van der Waals surface area contributed by atoms with Gasteiger partial charge in [-0.25, -0.2) is 0 Å². The molecule has 6 heteroatoms. The van der Waals surface area contributed by atoms with Gasteiger partial charge in [-0.05, 0) is 18.8 Å². The molecule has 0 aliphatic heterocycles. The predicted octanol–water partition coefficient (Wildman–Crippen LogP) is 0.997. The maximum Gasteiger partial charge on any atom is 0.325 e. The van der Waals surface area contributed by atoms with Gasteiger partial charge in [0.1, 0.15) is 12.6 Å². The van der Waals surface area contributed by atoms with Crippen LogP contribution in [-0.2, 0) is 19.1 Å². The Balaban J connectivity index is 4.17. The fraction of sp³-hybridized carbons (Fsp3) is 0.786. The smallest absolute Gasteiger partial charge is 0.325 e. The fourth-order valence-electron chi connectivity index (χ4n) is 1.61. The fourth-order valence-corrected chi connectivity index (χ4v) is 1.61. The second-order valence-electron chi connectivity index (χ2n) is 5.17. The molecule has 0 spiro atoms. The van der Waals surface area contributed by atoms with Gasteiger partial charge in [-0.1, -0.05) is 27.2 Å². The molecule has 0 aromatic carbocycles. The molecular weight excluding hydrogens is 260 g/mol. The van der Waals surface area contributed by atoms with Crippen molar-refractivity contribution < 1.29 is 19.1 Å². The van der Waals surface area contributed by atoms with Crippen LogP contribution in [0.4, 0.5) is 0 Å². The van der Waals surface area contributed by atoms with Crippen LogP contribution in [0.25, 0.3) is 0 Å². The predicted molar refractivity (Wildman–Crippen MR) is 75.9 cm³/mol. The minimum atomic E-state index is -0.615. The zero-order valence-corrected chi connectivity index (χ0v) is 12.8. The molecule has 1 atom stereocenters. The van der Waals surface area contributed by atoms with Crippen LogP contribution in [0.3, 0.4) is 0 Å². The molecule has 20 heavy (non-hydrogen) atoms. The number of ether oxygens (including phenoxy) is 1. The molecular formula is C14H26N2O4. The van der Waals surface area contributed by atoms with Gasteiger partial charge in [-0.15, -0.1) is 0 Å². The van der Waals surface area contributed by atoms with Gasteiger partial charge in [-0.2, -0.15) is 0 Å². The summed E-state index contributed by atoms with van der Waals surface area (Å²) in [6.45, 7) is 7.48. The van der Waals surface area contributed by atoms with E-state index in [9.17, 15) is 14.4 Å². The van der Waals surface area contributed by atoms with E-state index >= 15 is 0 Å². The molecule has 0 fully saturated rings. The van der Waals surface area contributed by atoms with Crippen molar-refractivity contribution in [1.29, 1.82) is 0 Å². The summed E-state index contributed by atoms with van der Waals surface area (Å²) in [6, 6.07) is -0.615. The van der Waals surface area contributed by atoms with Crippen molar-refractivity contribution in [2.24, 2.45) is 5.92 Å². The number of carbonyl (C=O) groups is 3. The quantitative estimate of drug-likeness (QED) is 0.489. The Labute approximate surface area is 120 Å². The number of rotatable bonds is 9. The first-order valence-electron chi connectivity index (χ1n) is 7.07. The molecule has 0 rings (SSSR count). The second kappa shape index (κ2) is 10.2. The number of hydrogen-bond acceptors (Lipinski definition) is 4. The van der Waals surface area contributed by atoms with E-state index in [1.165, 1.54) is 6.92 Å². The van der Waals surface area contributed by atoms with Gasteiger partial charge in [0.15, 0.2) is 0 Å². The Hall–Kier alpha value is -1.59. The Morgan fingerprint density at radius 2 is 1.85 bits per heavy atom. The van der Waals surface area contributed by atoms with Crippen LogP contribution in [-0.4, -0.2) is 37.0 Å². The summed E-state index contributed by atoms with van der Waals surface area (Å²) < 4.78 is 4.93. The van der Waals surface area contributed by atoms with Gasteiger partial charge in [0.2, 0.25) is 11.8 Å². The van der Waals surface area contributed by atoms with Gasteiger partial charge in [0.05, 0.1) is 6.61 Å². The monoisotopic (exact) mass is 286 g/mol. The van der Waals surface area contributed by atoms with Crippen LogP contribution in [0.2, 0.25) is 0 Å². The van der Waals surface area contributed by atoms with Crippen LogP contribution in [0.5, 0.6) is 0 Å². The van der Waals surface area contributed by atoms with E-state index in [4.69, 9.17) is 4.74 Å². The lowest BCUT2D eigenvalue weighted by Crippen LogP contribution is -2.48. The average Bonchev–Trinajstić information content (AvgIpc) is 2.34. The molecule has 0 radical (unpaired) electrons. The first-order chi connectivity index (χ1) is 9.36. The van der Waals surface area contributed by atoms with Crippen molar-refractivity contribution in [3.05, 3.63) is 0 Å². The van der Waals surface area contributed by atoms with Crippen molar-refractivity contribution in [1.82, 2.24) is 10.6 Å². The Morgan fingerprint density at radius 3 is 2.35 bits per heavy atom. The van der Waals surface area contributed by atoms with E-state index in [1.54, 1.807) is 0 Å². The third-order valence-corrected chi connectivity index (χ3v) is 2.57. The molecule has 0 aliphatic carbocycles. The molecule has 2 amide bonds.